The normalized spacial score (nSPS) is 14.2. The van der Waals surface area contributed by atoms with Crippen molar-refractivity contribution in [2.24, 2.45) is 0 Å². The molecule has 12 heteroatoms. The molecule has 3 aromatic carbocycles. The summed E-state index contributed by atoms with van der Waals surface area (Å²) in [5, 5.41) is 19.8. The van der Waals surface area contributed by atoms with E-state index in [2.05, 4.69) is 15.6 Å². The maximum absolute atomic E-state index is 13.5. The van der Waals surface area contributed by atoms with Gasteiger partial charge < -0.3 is 15.3 Å². The Morgan fingerprint density at radius 3 is 2.35 bits per heavy atom. The first kappa shape index (κ1) is 29.7. The molecule has 1 aliphatic rings. The van der Waals surface area contributed by atoms with Crippen LogP contribution in [0.3, 0.4) is 0 Å². The van der Waals surface area contributed by atoms with Gasteiger partial charge in [-0.25, -0.2) is 0 Å². The highest BCUT2D eigenvalue weighted by molar-refractivity contribution is 6.07. The molecular weight excluding hydrogens is 563 g/mol. The molecule has 0 unspecified atom stereocenters. The molecule has 0 aliphatic carbocycles. The average Bonchev–Trinajstić information content (AvgIpc) is 3.46. The van der Waals surface area contributed by atoms with Crippen LogP contribution in [0.5, 0.6) is 0 Å². The van der Waals surface area contributed by atoms with Crippen LogP contribution in [-0.2, 0) is 23.9 Å². The second-order valence-corrected chi connectivity index (χ2v) is 10.5. The molecule has 1 fully saturated rings. The number of aliphatic carboxylic acids is 1. The molecule has 0 radical (unpaired) electrons. The molecule has 5 rings (SSSR count). The fraction of sp³-hybridized carbons (Fsp3) is 0.323. The topological polar surface area (TPSA) is 117 Å². The van der Waals surface area contributed by atoms with Gasteiger partial charge in [-0.3, -0.25) is 19.1 Å². The summed E-state index contributed by atoms with van der Waals surface area (Å²) in [5.41, 5.74) is 1.73. The minimum Gasteiger partial charge on any atom is -0.481 e. The number of likely N-dealkylation sites (tertiary alicyclic amines) is 1. The van der Waals surface area contributed by atoms with E-state index >= 15 is 0 Å². The van der Waals surface area contributed by atoms with Crippen LogP contribution in [0.1, 0.15) is 62.7 Å². The van der Waals surface area contributed by atoms with Gasteiger partial charge >= 0.3 is 12.1 Å². The van der Waals surface area contributed by atoms with Crippen molar-refractivity contribution in [3.8, 4) is 0 Å². The summed E-state index contributed by atoms with van der Waals surface area (Å²) in [4.78, 5) is 38.3. The fourth-order valence-corrected chi connectivity index (χ4v) is 5.42. The van der Waals surface area contributed by atoms with Gasteiger partial charge in [-0.15, -0.1) is 5.10 Å². The molecule has 2 amide bonds. The largest absolute Gasteiger partial charge is 0.481 e. The van der Waals surface area contributed by atoms with Crippen LogP contribution in [0.2, 0.25) is 0 Å². The number of aromatic nitrogens is 3. The Kier molecular flexibility index (Phi) is 8.74. The van der Waals surface area contributed by atoms with Gasteiger partial charge in [0.15, 0.2) is 0 Å². The van der Waals surface area contributed by atoms with Crippen molar-refractivity contribution in [1.82, 2.24) is 25.2 Å². The number of carboxylic acid groups (broad SMARTS) is 1. The molecule has 9 nitrogen and oxygen atoms in total. The Bertz CT molecular complexity index is 1630. The summed E-state index contributed by atoms with van der Waals surface area (Å²) in [7, 11) is 0. The van der Waals surface area contributed by atoms with Crippen LogP contribution in [-0.4, -0.2) is 62.4 Å². The van der Waals surface area contributed by atoms with Gasteiger partial charge in [0, 0.05) is 43.4 Å². The lowest BCUT2D eigenvalue weighted by molar-refractivity contribution is -0.137. The van der Waals surface area contributed by atoms with Crippen molar-refractivity contribution in [3.05, 3.63) is 94.8 Å². The van der Waals surface area contributed by atoms with E-state index in [-0.39, 0.29) is 41.6 Å². The van der Waals surface area contributed by atoms with Gasteiger partial charge in [0.1, 0.15) is 0 Å². The number of amides is 2. The van der Waals surface area contributed by atoms with Gasteiger partial charge in [0.05, 0.1) is 24.2 Å². The number of carbonyl (C=O) groups is 3. The van der Waals surface area contributed by atoms with Crippen LogP contribution < -0.4 is 5.32 Å². The molecule has 2 N–H and O–H groups in total. The smallest absolute Gasteiger partial charge is 0.417 e. The summed E-state index contributed by atoms with van der Waals surface area (Å²) >= 11 is 0. The van der Waals surface area contributed by atoms with Gasteiger partial charge in [0.2, 0.25) is 0 Å². The Hall–Kier alpha value is -4.74. The van der Waals surface area contributed by atoms with E-state index < -0.39 is 17.7 Å². The second kappa shape index (κ2) is 12.6. The van der Waals surface area contributed by atoms with Crippen LogP contribution in [0.15, 0.2) is 66.9 Å². The van der Waals surface area contributed by atoms with Crippen molar-refractivity contribution in [3.63, 3.8) is 0 Å². The van der Waals surface area contributed by atoms with Crippen molar-refractivity contribution >= 4 is 28.6 Å². The number of piperidine rings is 1. The van der Waals surface area contributed by atoms with Gasteiger partial charge in [-0.1, -0.05) is 41.6 Å². The number of benzene rings is 3. The van der Waals surface area contributed by atoms with E-state index in [9.17, 15) is 27.6 Å². The molecule has 0 spiro atoms. The zero-order valence-corrected chi connectivity index (χ0v) is 23.2. The molecule has 0 bridgehead atoms. The standard InChI is InChI=1S/C31H30F3N5O4/c32-31(33,34)27-6-2-3-24-25(27)4-1-5-26(24)30(43)38-16-12-21(13-17-38)20-7-9-22(10-8-20)29(42)35-15-11-23-19-39(37-36-23)18-14-28(40)41/h1-10,19,21H,11-18H2,(H,35,42)(H,40,41). The quantitative estimate of drug-likeness (QED) is 0.285. The zero-order valence-electron chi connectivity index (χ0n) is 23.2. The lowest BCUT2D eigenvalue weighted by atomic mass is 9.88. The van der Waals surface area contributed by atoms with Crippen molar-refractivity contribution in [2.45, 2.75) is 44.3 Å². The number of carbonyl (C=O) groups excluding carboxylic acids is 2. The third kappa shape index (κ3) is 7.02. The third-order valence-corrected chi connectivity index (χ3v) is 7.69. The van der Waals surface area contributed by atoms with E-state index in [1.807, 2.05) is 12.1 Å². The molecule has 2 heterocycles. The molecule has 1 saturated heterocycles. The first-order valence-corrected chi connectivity index (χ1v) is 14.0. The third-order valence-electron chi connectivity index (χ3n) is 7.69. The number of aryl methyl sites for hydroxylation is 1. The highest BCUT2D eigenvalue weighted by Gasteiger charge is 2.33. The number of alkyl halides is 3. The van der Waals surface area contributed by atoms with Gasteiger partial charge in [-0.05, 0) is 59.4 Å². The first-order chi connectivity index (χ1) is 20.6. The lowest BCUT2D eigenvalue weighted by Gasteiger charge is -2.32. The van der Waals surface area contributed by atoms with Gasteiger partial charge in [-0.2, -0.15) is 13.2 Å². The predicted molar refractivity (Wildman–Crippen MR) is 152 cm³/mol. The van der Waals surface area contributed by atoms with E-state index in [0.717, 1.165) is 11.6 Å². The van der Waals surface area contributed by atoms with Crippen LogP contribution in [0.4, 0.5) is 13.2 Å². The molecule has 1 aliphatic heterocycles. The van der Waals surface area contributed by atoms with Gasteiger partial charge in [0.25, 0.3) is 11.8 Å². The van der Waals surface area contributed by atoms with Crippen molar-refractivity contribution in [2.75, 3.05) is 19.6 Å². The number of nitrogens with one attached hydrogen (secondary N) is 1. The minimum atomic E-state index is -4.51. The summed E-state index contributed by atoms with van der Waals surface area (Å²) in [6, 6.07) is 15.7. The van der Waals surface area contributed by atoms with Crippen LogP contribution in [0, 0.1) is 0 Å². The Balaban J connectivity index is 1.13. The van der Waals surface area contributed by atoms with E-state index in [0.29, 0.717) is 55.5 Å². The molecule has 1 aromatic heterocycles. The summed E-state index contributed by atoms with van der Waals surface area (Å²) in [5.74, 6) is -1.23. The Morgan fingerprint density at radius 1 is 0.953 bits per heavy atom. The highest BCUT2D eigenvalue weighted by atomic mass is 19.4. The monoisotopic (exact) mass is 593 g/mol. The summed E-state index contributed by atoms with van der Waals surface area (Å²) in [6.07, 6.45) is -1.05. The van der Waals surface area contributed by atoms with E-state index in [1.165, 1.54) is 22.9 Å². The highest BCUT2D eigenvalue weighted by Crippen LogP contribution is 2.36. The number of rotatable bonds is 9. The molecule has 0 atom stereocenters. The number of halogens is 3. The van der Waals surface area contributed by atoms with E-state index in [1.54, 1.807) is 35.4 Å². The van der Waals surface area contributed by atoms with Crippen molar-refractivity contribution < 1.29 is 32.7 Å². The second-order valence-electron chi connectivity index (χ2n) is 10.5. The van der Waals surface area contributed by atoms with E-state index in [4.69, 9.17) is 5.11 Å². The SMILES string of the molecule is O=C(O)CCn1cc(CCNC(=O)c2ccc(C3CCN(C(=O)c4cccc5c(C(F)(F)F)cccc45)CC3)cc2)nn1. The Morgan fingerprint density at radius 2 is 1.65 bits per heavy atom. The average molecular weight is 594 g/mol. The molecular formula is C31H30F3N5O4. The predicted octanol–water partition coefficient (Wildman–Crippen LogP) is 4.92. The number of hydrogen-bond acceptors (Lipinski definition) is 5. The maximum atomic E-state index is 13.5. The molecule has 224 valence electrons. The zero-order chi connectivity index (χ0) is 30.6. The molecule has 43 heavy (non-hydrogen) atoms. The Labute approximate surface area is 245 Å². The number of hydrogen-bond donors (Lipinski definition) is 2. The molecule has 4 aromatic rings. The maximum Gasteiger partial charge on any atom is 0.417 e. The fourth-order valence-electron chi connectivity index (χ4n) is 5.42. The van der Waals surface area contributed by atoms with Crippen molar-refractivity contribution in [1.29, 1.82) is 0 Å². The van der Waals surface area contributed by atoms with Crippen LogP contribution in [0.25, 0.3) is 10.8 Å². The first-order valence-electron chi connectivity index (χ1n) is 14.0. The number of carboxylic acids is 1. The molecule has 0 saturated carbocycles. The summed E-state index contributed by atoms with van der Waals surface area (Å²) < 4.78 is 42.0. The lowest BCUT2D eigenvalue weighted by Crippen LogP contribution is -2.38. The van der Waals surface area contributed by atoms with Crippen LogP contribution >= 0.6 is 0 Å². The number of fused-ring (bicyclic) bond motifs is 1. The minimum absolute atomic E-state index is 0.0145. The summed E-state index contributed by atoms with van der Waals surface area (Å²) in [6.45, 7) is 1.52. The number of nitrogens with zero attached hydrogens (tertiary/aromatic N) is 4.